The number of hydrogen-bond donors (Lipinski definition) is 1. The first-order valence-corrected chi connectivity index (χ1v) is 5.65. The molecule has 0 aliphatic rings. The molecule has 1 aromatic rings. The standard InChI is InChI=1S/C13H16ClNO/c1-10-6-5-8-12(13(10)14)7-3-4-9-15-11(2)16/h3,5-8H,4,9H2,1-2H3,(H,15,16). The van der Waals surface area contributed by atoms with Crippen molar-refractivity contribution in [1.29, 1.82) is 0 Å². The van der Waals surface area contributed by atoms with Gasteiger partial charge in [0.2, 0.25) is 5.91 Å². The number of amides is 1. The zero-order valence-corrected chi connectivity index (χ0v) is 10.3. The zero-order chi connectivity index (χ0) is 12.0. The Kier molecular flexibility index (Phi) is 5.06. The topological polar surface area (TPSA) is 29.1 Å². The number of hydrogen-bond acceptors (Lipinski definition) is 1. The average Bonchev–Trinajstić information content (AvgIpc) is 2.23. The second-order valence-corrected chi connectivity index (χ2v) is 4.03. The van der Waals surface area contributed by atoms with E-state index >= 15 is 0 Å². The number of halogens is 1. The van der Waals surface area contributed by atoms with Gasteiger partial charge in [-0.3, -0.25) is 4.79 Å². The summed E-state index contributed by atoms with van der Waals surface area (Å²) in [5.74, 6) is 0.00184. The molecule has 1 rings (SSSR count). The lowest BCUT2D eigenvalue weighted by Crippen LogP contribution is -2.20. The van der Waals surface area contributed by atoms with Crippen molar-refractivity contribution in [3.63, 3.8) is 0 Å². The number of rotatable bonds is 4. The van der Waals surface area contributed by atoms with Gasteiger partial charge >= 0.3 is 0 Å². The fourth-order valence-electron chi connectivity index (χ4n) is 1.34. The number of aryl methyl sites for hydroxylation is 1. The third-order valence-corrected chi connectivity index (χ3v) is 2.72. The van der Waals surface area contributed by atoms with E-state index in [2.05, 4.69) is 5.32 Å². The first-order chi connectivity index (χ1) is 7.61. The molecule has 0 aromatic heterocycles. The maximum Gasteiger partial charge on any atom is 0.216 e. The molecule has 1 N–H and O–H groups in total. The minimum atomic E-state index is 0.00184. The fraction of sp³-hybridized carbons (Fsp3) is 0.308. The number of carbonyl (C=O) groups is 1. The summed E-state index contributed by atoms with van der Waals surface area (Å²) < 4.78 is 0. The lowest BCUT2D eigenvalue weighted by Gasteiger charge is -2.01. The van der Waals surface area contributed by atoms with Crippen LogP contribution in [0.5, 0.6) is 0 Å². The van der Waals surface area contributed by atoms with Crippen LogP contribution >= 0.6 is 11.6 Å². The van der Waals surface area contributed by atoms with Crippen molar-refractivity contribution >= 4 is 23.6 Å². The molecule has 0 atom stereocenters. The molecule has 0 aliphatic heterocycles. The summed E-state index contributed by atoms with van der Waals surface area (Å²) in [7, 11) is 0. The molecule has 0 heterocycles. The van der Waals surface area contributed by atoms with Gasteiger partial charge in [-0.15, -0.1) is 0 Å². The van der Waals surface area contributed by atoms with Gasteiger partial charge in [0.05, 0.1) is 5.02 Å². The van der Waals surface area contributed by atoms with Crippen LogP contribution in [0.2, 0.25) is 5.02 Å². The predicted octanol–water partition coefficient (Wildman–Crippen LogP) is 3.19. The van der Waals surface area contributed by atoms with Gasteiger partial charge in [0, 0.05) is 13.5 Å². The molecule has 3 heteroatoms. The minimum Gasteiger partial charge on any atom is -0.356 e. The summed E-state index contributed by atoms with van der Waals surface area (Å²) in [5, 5.41) is 3.52. The van der Waals surface area contributed by atoms with Crippen molar-refractivity contribution < 1.29 is 4.79 Å². The summed E-state index contributed by atoms with van der Waals surface area (Å²) in [5.41, 5.74) is 2.09. The van der Waals surface area contributed by atoms with Gasteiger partial charge in [-0.25, -0.2) is 0 Å². The van der Waals surface area contributed by atoms with E-state index in [1.54, 1.807) is 0 Å². The Hall–Kier alpha value is -1.28. The molecule has 0 spiro atoms. The summed E-state index contributed by atoms with van der Waals surface area (Å²) in [6.07, 6.45) is 4.80. The molecular formula is C13H16ClNO. The molecule has 0 bridgehead atoms. The fourth-order valence-corrected chi connectivity index (χ4v) is 1.53. The molecule has 0 radical (unpaired) electrons. The van der Waals surface area contributed by atoms with Crippen molar-refractivity contribution in [1.82, 2.24) is 5.32 Å². The van der Waals surface area contributed by atoms with Gasteiger partial charge in [0.1, 0.15) is 0 Å². The Morgan fingerprint density at radius 1 is 1.50 bits per heavy atom. The van der Waals surface area contributed by atoms with E-state index in [9.17, 15) is 4.79 Å². The van der Waals surface area contributed by atoms with Crippen molar-refractivity contribution in [3.05, 3.63) is 40.4 Å². The third kappa shape index (κ3) is 4.07. The van der Waals surface area contributed by atoms with Gasteiger partial charge in [-0.05, 0) is 24.5 Å². The van der Waals surface area contributed by atoms with Gasteiger partial charge in [0.25, 0.3) is 0 Å². The summed E-state index contributed by atoms with van der Waals surface area (Å²) >= 11 is 6.14. The Bertz CT molecular complexity index is 399. The smallest absolute Gasteiger partial charge is 0.216 e. The maximum atomic E-state index is 10.6. The van der Waals surface area contributed by atoms with Gasteiger partial charge in [0.15, 0.2) is 0 Å². The molecule has 0 fully saturated rings. The number of benzene rings is 1. The van der Waals surface area contributed by atoms with Crippen LogP contribution in [0.4, 0.5) is 0 Å². The van der Waals surface area contributed by atoms with Crippen LogP contribution in [0.3, 0.4) is 0 Å². The summed E-state index contributed by atoms with van der Waals surface area (Å²) in [6, 6.07) is 5.94. The van der Waals surface area contributed by atoms with Crippen LogP contribution in [-0.4, -0.2) is 12.5 Å². The molecule has 0 aliphatic carbocycles. The quantitative estimate of drug-likeness (QED) is 0.801. The van der Waals surface area contributed by atoms with Crippen molar-refractivity contribution in [2.24, 2.45) is 0 Å². The van der Waals surface area contributed by atoms with Crippen LogP contribution in [0.1, 0.15) is 24.5 Å². The monoisotopic (exact) mass is 237 g/mol. The Labute approximate surface area is 101 Å². The van der Waals surface area contributed by atoms with E-state index in [0.29, 0.717) is 6.54 Å². The average molecular weight is 238 g/mol. The van der Waals surface area contributed by atoms with E-state index in [-0.39, 0.29) is 5.91 Å². The largest absolute Gasteiger partial charge is 0.356 e. The molecule has 16 heavy (non-hydrogen) atoms. The molecular weight excluding hydrogens is 222 g/mol. The lowest BCUT2D eigenvalue weighted by molar-refractivity contribution is -0.118. The highest BCUT2D eigenvalue weighted by Crippen LogP contribution is 2.21. The number of carbonyl (C=O) groups excluding carboxylic acids is 1. The SMILES string of the molecule is CC(=O)NCCC=Cc1cccc(C)c1Cl. The lowest BCUT2D eigenvalue weighted by atomic mass is 10.1. The summed E-state index contributed by atoms with van der Waals surface area (Å²) in [6.45, 7) is 4.16. The molecule has 1 aromatic carbocycles. The van der Waals surface area contributed by atoms with E-state index in [0.717, 1.165) is 22.6 Å². The molecule has 0 unspecified atom stereocenters. The highest BCUT2D eigenvalue weighted by molar-refractivity contribution is 6.32. The first kappa shape index (κ1) is 12.8. The minimum absolute atomic E-state index is 0.00184. The van der Waals surface area contributed by atoms with Crippen molar-refractivity contribution in [2.75, 3.05) is 6.54 Å². The van der Waals surface area contributed by atoms with E-state index < -0.39 is 0 Å². The molecule has 1 amide bonds. The van der Waals surface area contributed by atoms with Crippen LogP contribution in [0.25, 0.3) is 6.08 Å². The predicted molar refractivity (Wildman–Crippen MR) is 68.5 cm³/mol. The Morgan fingerprint density at radius 2 is 2.25 bits per heavy atom. The van der Waals surface area contributed by atoms with Crippen molar-refractivity contribution in [3.8, 4) is 0 Å². The van der Waals surface area contributed by atoms with Crippen LogP contribution in [0, 0.1) is 6.92 Å². The highest BCUT2D eigenvalue weighted by atomic mass is 35.5. The van der Waals surface area contributed by atoms with E-state index in [1.165, 1.54) is 6.92 Å². The molecule has 0 saturated heterocycles. The third-order valence-electron chi connectivity index (χ3n) is 2.20. The van der Waals surface area contributed by atoms with Crippen LogP contribution in [0.15, 0.2) is 24.3 Å². The van der Waals surface area contributed by atoms with Gasteiger partial charge in [-0.1, -0.05) is 42.0 Å². The zero-order valence-electron chi connectivity index (χ0n) is 9.59. The molecule has 2 nitrogen and oxygen atoms in total. The van der Waals surface area contributed by atoms with E-state index in [1.807, 2.05) is 37.3 Å². The Morgan fingerprint density at radius 3 is 2.94 bits per heavy atom. The van der Waals surface area contributed by atoms with Crippen molar-refractivity contribution in [2.45, 2.75) is 20.3 Å². The molecule has 86 valence electrons. The maximum absolute atomic E-state index is 10.6. The normalized spacial score (nSPS) is 10.7. The Balaban J connectivity index is 2.50. The second-order valence-electron chi connectivity index (χ2n) is 3.65. The second kappa shape index (κ2) is 6.33. The highest BCUT2D eigenvalue weighted by Gasteiger charge is 1.98. The van der Waals surface area contributed by atoms with Gasteiger partial charge in [-0.2, -0.15) is 0 Å². The summed E-state index contributed by atoms with van der Waals surface area (Å²) in [4.78, 5) is 10.6. The number of nitrogens with one attached hydrogen (secondary N) is 1. The first-order valence-electron chi connectivity index (χ1n) is 5.27. The molecule has 0 saturated carbocycles. The van der Waals surface area contributed by atoms with Crippen LogP contribution in [-0.2, 0) is 4.79 Å². The van der Waals surface area contributed by atoms with E-state index in [4.69, 9.17) is 11.6 Å². The van der Waals surface area contributed by atoms with Gasteiger partial charge < -0.3 is 5.32 Å². The van der Waals surface area contributed by atoms with Crippen LogP contribution < -0.4 is 5.32 Å².